The Bertz CT molecular complexity index is 595. The molecule has 0 aromatic heterocycles. The standard InChI is InChI=1S/C13H18F2N2O3S/c14-12-4-3-11(13(15)6-12)7-16-21(19,20)17-5-1-2-10(8-17)9-18/h3-4,6,10,16,18H,1-2,5,7-9H2. The third kappa shape index (κ3) is 4.19. The van der Waals surface area contributed by atoms with E-state index < -0.39 is 21.8 Å². The van der Waals surface area contributed by atoms with Crippen molar-refractivity contribution >= 4 is 10.2 Å². The van der Waals surface area contributed by atoms with Gasteiger partial charge in [-0.25, -0.2) is 8.78 Å². The van der Waals surface area contributed by atoms with Gasteiger partial charge < -0.3 is 5.11 Å². The molecule has 2 rings (SSSR count). The normalized spacial score (nSPS) is 20.6. The Morgan fingerprint density at radius 2 is 2.14 bits per heavy atom. The fraction of sp³-hybridized carbons (Fsp3) is 0.538. The predicted octanol–water partition coefficient (Wildman–Crippen LogP) is 1.00. The number of benzene rings is 1. The van der Waals surface area contributed by atoms with Gasteiger partial charge in [0.05, 0.1) is 0 Å². The van der Waals surface area contributed by atoms with Crippen molar-refractivity contribution in [3.63, 3.8) is 0 Å². The zero-order valence-corrected chi connectivity index (χ0v) is 12.2. The van der Waals surface area contributed by atoms with Crippen molar-refractivity contribution in [3.05, 3.63) is 35.4 Å². The Labute approximate surface area is 122 Å². The summed E-state index contributed by atoms with van der Waals surface area (Å²) in [4.78, 5) is 0. The van der Waals surface area contributed by atoms with Gasteiger partial charge in [0, 0.05) is 37.9 Å². The van der Waals surface area contributed by atoms with Crippen LogP contribution in [-0.2, 0) is 16.8 Å². The molecule has 0 aliphatic carbocycles. The molecule has 21 heavy (non-hydrogen) atoms. The second-order valence-electron chi connectivity index (χ2n) is 5.11. The first kappa shape index (κ1) is 16.3. The number of hydrogen-bond acceptors (Lipinski definition) is 3. The molecule has 1 aliphatic heterocycles. The summed E-state index contributed by atoms with van der Waals surface area (Å²) in [5.41, 5.74) is 0.0793. The zero-order valence-electron chi connectivity index (χ0n) is 11.4. The van der Waals surface area contributed by atoms with E-state index >= 15 is 0 Å². The molecule has 1 heterocycles. The topological polar surface area (TPSA) is 69.6 Å². The third-order valence-electron chi connectivity index (χ3n) is 3.54. The minimum absolute atomic E-state index is 0.0569. The molecule has 0 radical (unpaired) electrons. The predicted molar refractivity (Wildman–Crippen MR) is 73.5 cm³/mol. The SMILES string of the molecule is O=S(=O)(NCc1ccc(F)cc1F)N1CCCC(CO)C1. The quantitative estimate of drug-likeness (QED) is 0.850. The van der Waals surface area contributed by atoms with Gasteiger partial charge in [-0.2, -0.15) is 17.4 Å². The molecule has 8 heteroatoms. The van der Waals surface area contributed by atoms with Crippen molar-refractivity contribution in [1.82, 2.24) is 9.03 Å². The lowest BCUT2D eigenvalue weighted by Gasteiger charge is -2.30. The maximum absolute atomic E-state index is 13.5. The van der Waals surface area contributed by atoms with Gasteiger partial charge in [0.25, 0.3) is 10.2 Å². The van der Waals surface area contributed by atoms with E-state index in [1.54, 1.807) is 0 Å². The minimum atomic E-state index is -3.74. The molecule has 0 spiro atoms. The number of nitrogens with one attached hydrogen (secondary N) is 1. The number of piperidine rings is 1. The van der Waals surface area contributed by atoms with Crippen LogP contribution in [0.4, 0.5) is 8.78 Å². The summed E-state index contributed by atoms with van der Waals surface area (Å²) in [5, 5.41) is 9.12. The van der Waals surface area contributed by atoms with E-state index in [0.29, 0.717) is 19.0 Å². The van der Waals surface area contributed by atoms with E-state index in [0.717, 1.165) is 12.5 Å². The molecule has 1 aliphatic rings. The van der Waals surface area contributed by atoms with Crippen LogP contribution in [0.5, 0.6) is 0 Å². The molecular formula is C13H18F2N2O3S. The molecule has 1 unspecified atom stereocenters. The van der Waals surface area contributed by atoms with Crippen molar-refractivity contribution in [2.24, 2.45) is 5.92 Å². The van der Waals surface area contributed by atoms with E-state index in [4.69, 9.17) is 5.11 Å². The molecule has 1 saturated heterocycles. The maximum atomic E-state index is 13.5. The number of halogens is 2. The molecule has 5 nitrogen and oxygen atoms in total. The van der Waals surface area contributed by atoms with Crippen molar-refractivity contribution < 1.29 is 22.3 Å². The highest BCUT2D eigenvalue weighted by atomic mass is 32.2. The minimum Gasteiger partial charge on any atom is -0.396 e. The largest absolute Gasteiger partial charge is 0.396 e. The Morgan fingerprint density at radius 3 is 2.81 bits per heavy atom. The highest BCUT2D eigenvalue weighted by Gasteiger charge is 2.28. The van der Waals surface area contributed by atoms with Crippen LogP contribution in [0.2, 0.25) is 0 Å². The van der Waals surface area contributed by atoms with Crippen molar-refractivity contribution in [3.8, 4) is 0 Å². The Morgan fingerprint density at radius 1 is 1.38 bits per heavy atom. The van der Waals surface area contributed by atoms with Crippen LogP contribution >= 0.6 is 0 Å². The molecule has 0 saturated carbocycles. The van der Waals surface area contributed by atoms with Crippen molar-refractivity contribution in [1.29, 1.82) is 0 Å². The van der Waals surface area contributed by atoms with Crippen LogP contribution in [0.25, 0.3) is 0 Å². The first-order chi connectivity index (χ1) is 9.92. The molecule has 2 N–H and O–H groups in total. The lowest BCUT2D eigenvalue weighted by molar-refractivity contribution is 0.164. The molecule has 1 fully saturated rings. The average molecular weight is 320 g/mol. The van der Waals surface area contributed by atoms with Gasteiger partial charge in [-0.15, -0.1) is 0 Å². The smallest absolute Gasteiger partial charge is 0.279 e. The first-order valence-electron chi connectivity index (χ1n) is 6.72. The van der Waals surface area contributed by atoms with Crippen LogP contribution < -0.4 is 4.72 Å². The van der Waals surface area contributed by atoms with Crippen LogP contribution in [0.1, 0.15) is 18.4 Å². The molecule has 0 amide bonds. The zero-order chi connectivity index (χ0) is 15.5. The highest BCUT2D eigenvalue weighted by molar-refractivity contribution is 7.87. The number of nitrogens with zero attached hydrogens (tertiary/aromatic N) is 1. The number of aliphatic hydroxyl groups excluding tert-OH is 1. The summed E-state index contributed by atoms with van der Waals surface area (Å²) < 4.78 is 54.1. The van der Waals surface area contributed by atoms with Gasteiger partial charge >= 0.3 is 0 Å². The summed E-state index contributed by atoms with van der Waals surface area (Å²) in [5.74, 6) is -1.57. The molecule has 1 atom stereocenters. The second-order valence-corrected chi connectivity index (χ2v) is 6.87. The van der Waals surface area contributed by atoms with E-state index in [-0.39, 0.29) is 31.2 Å². The van der Waals surface area contributed by atoms with Gasteiger partial charge in [-0.05, 0) is 24.8 Å². The second kappa shape index (κ2) is 6.78. The fourth-order valence-electron chi connectivity index (χ4n) is 2.32. The van der Waals surface area contributed by atoms with Crippen molar-refractivity contribution in [2.75, 3.05) is 19.7 Å². The van der Waals surface area contributed by atoms with Gasteiger partial charge in [-0.3, -0.25) is 0 Å². The van der Waals surface area contributed by atoms with Gasteiger partial charge in [0.1, 0.15) is 11.6 Å². The van der Waals surface area contributed by atoms with Gasteiger partial charge in [0.2, 0.25) is 0 Å². The van der Waals surface area contributed by atoms with E-state index in [9.17, 15) is 17.2 Å². The molecule has 1 aromatic carbocycles. The molecule has 1 aromatic rings. The summed E-state index contributed by atoms with van der Waals surface area (Å²) in [6.07, 6.45) is 1.46. The monoisotopic (exact) mass is 320 g/mol. The highest BCUT2D eigenvalue weighted by Crippen LogP contribution is 2.18. The third-order valence-corrected chi connectivity index (χ3v) is 5.06. The lowest BCUT2D eigenvalue weighted by Crippen LogP contribution is -2.46. The van der Waals surface area contributed by atoms with Crippen molar-refractivity contribution in [2.45, 2.75) is 19.4 Å². The first-order valence-corrected chi connectivity index (χ1v) is 8.16. The van der Waals surface area contributed by atoms with Crippen LogP contribution in [0.3, 0.4) is 0 Å². The number of hydrogen-bond donors (Lipinski definition) is 2. The summed E-state index contributed by atoms with van der Waals surface area (Å²) in [6, 6.07) is 3.00. The van der Waals surface area contributed by atoms with E-state index in [2.05, 4.69) is 4.72 Å². The summed E-state index contributed by atoms with van der Waals surface area (Å²) >= 11 is 0. The maximum Gasteiger partial charge on any atom is 0.279 e. The summed E-state index contributed by atoms with van der Waals surface area (Å²) in [7, 11) is -3.74. The fourth-order valence-corrected chi connectivity index (χ4v) is 3.62. The van der Waals surface area contributed by atoms with Crippen LogP contribution in [0, 0.1) is 17.6 Å². The van der Waals surface area contributed by atoms with Gasteiger partial charge in [0.15, 0.2) is 0 Å². The Balaban J connectivity index is 2.00. The van der Waals surface area contributed by atoms with Crippen LogP contribution in [0.15, 0.2) is 18.2 Å². The number of rotatable bonds is 5. The molecule has 118 valence electrons. The molecular weight excluding hydrogens is 302 g/mol. The summed E-state index contributed by atoms with van der Waals surface area (Å²) in [6.45, 7) is 0.322. The molecule has 0 bridgehead atoms. The van der Waals surface area contributed by atoms with Gasteiger partial charge in [-0.1, -0.05) is 6.07 Å². The van der Waals surface area contributed by atoms with E-state index in [1.165, 1.54) is 10.4 Å². The average Bonchev–Trinajstić information content (AvgIpc) is 2.46. The van der Waals surface area contributed by atoms with E-state index in [1.807, 2.05) is 0 Å². The Hall–Kier alpha value is -1.09. The van der Waals surface area contributed by atoms with Crippen LogP contribution in [-0.4, -0.2) is 37.5 Å². The lowest BCUT2D eigenvalue weighted by atomic mass is 10.0. The number of aliphatic hydroxyl groups is 1. The Kier molecular flexibility index (Phi) is 5.26.